The van der Waals surface area contributed by atoms with Crippen molar-refractivity contribution < 1.29 is 35.9 Å². The second-order valence-electron chi connectivity index (χ2n) is 4.01. The minimum absolute atomic E-state index is 0.331. The number of carbonyl (C=O) groups excluding carboxylic acids is 1. The van der Waals surface area contributed by atoms with Crippen LogP contribution in [0.1, 0.15) is 26.7 Å². The van der Waals surface area contributed by atoms with Crippen LogP contribution in [0.25, 0.3) is 0 Å². The van der Waals surface area contributed by atoms with Gasteiger partial charge in [-0.05, 0) is 6.42 Å². The third-order valence-corrected chi connectivity index (χ3v) is 2.25. The summed E-state index contributed by atoms with van der Waals surface area (Å²) in [4.78, 5) is 11.0. The molecule has 8 heteroatoms. The number of halogens is 6. The van der Waals surface area contributed by atoms with Crippen molar-refractivity contribution in [3.05, 3.63) is 0 Å². The van der Waals surface area contributed by atoms with Crippen molar-refractivity contribution in [2.24, 2.45) is 5.92 Å². The normalized spacial score (nSPS) is 14.7. The van der Waals surface area contributed by atoms with Gasteiger partial charge in [0.05, 0.1) is 12.3 Å². The molecule has 18 heavy (non-hydrogen) atoms. The van der Waals surface area contributed by atoms with Crippen LogP contribution in [0.5, 0.6) is 0 Å². The molecule has 0 heterocycles. The van der Waals surface area contributed by atoms with Crippen LogP contribution in [0.2, 0.25) is 0 Å². The highest BCUT2D eigenvalue weighted by Crippen LogP contribution is 2.35. The average molecular weight is 280 g/mol. The molecule has 0 amide bonds. The first-order valence-corrected chi connectivity index (χ1v) is 5.22. The van der Waals surface area contributed by atoms with E-state index in [1.807, 2.05) is 0 Å². The molecule has 0 bridgehead atoms. The monoisotopic (exact) mass is 280 g/mol. The molecule has 0 aliphatic heterocycles. The standard InChI is InChI=1S/C10H14F6O2/c1-3-6(2)7(17)18-5-9(13,14)4-10(15,16)8(11)12/h6,8H,3-5H2,1-2H3. The highest BCUT2D eigenvalue weighted by Gasteiger charge is 2.50. The van der Waals surface area contributed by atoms with Crippen LogP contribution in [-0.4, -0.2) is 30.8 Å². The smallest absolute Gasteiger partial charge is 0.313 e. The molecule has 0 aromatic carbocycles. The largest absolute Gasteiger partial charge is 0.459 e. The van der Waals surface area contributed by atoms with E-state index >= 15 is 0 Å². The van der Waals surface area contributed by atoms with Gasteiger partial charge >= 0.3 is 18.3 Å². The van der Waals surface area contributed by atoms with Gasteiger partial charge in [0.25, 0.3) is 5.92 Å². The van der Waals surface area contributed by atoms with Gasteiger partial charge in [-0.2, -0.15) is 0 Å². The molecule has 0 saturated heterocycles. The summed E-state index contributed by atoms with van der Waals surface area (Å²) in [5.41, 5.74) is 0. The zero-order valence-corrected chi connectivity index (χ0v) is 9.86. The predicted molar refractivity (Wildman–Crippen MR) is 50.9 cm³/mol. The van der Waals surface area contributed by atoms with Gasteiger partial charge in [-0.3, -0.25) is 4.79 Å². The molecular formula is C10H14F6O2. The van der Waals surface area contributed by atoms with Gasteiger partial charge in [0.2, 0.25) is 0 Å². The van der Waals surface area contributed by atoms with Gasteiger partial charge in [-0.1, -0.05) is 13.8 Å². The van der Waals surface area contributed by atoms with Gasteiger partial charge in [-0.15, -0.1) is 0 Å². The van der Waals surface area contributed by atoms with Gasteiger partial charge in [0.1, 0.15) is 0 Å². The average Bonchev–Trinajstić information content (AvgIpc) is 2.23. The van der Waals surface area contributed by atoms with Gasteiger partial charge in [0, 0.05) is 0 Å². The number of ether oxygens (including phenoxy) is 1. The first kappa shape index (κ1) is 17.1. The van der Waals surface area contributed by atoms with E-state index in [2.05, 4.69) is 4.74 Å². The highest BCUT2D eigenvalue weighted by atomic mass is 19.3. The fourth-order valence-corrected chi connectivity index (χ4v) is 0.959. The summed E-state index contributed by atoms with van der Waals surface area (Å²) in [7, 11) is 0. The Morgan fingerprint density at radius 3 is 2.11 bits per heavy atom. The molecule has 2 nitrogen and oxygen atoms in total. The number of hydrogen-bond acceptors (Lipinski definition) is 2. The lowest BCUT2D eigenvalue weighted by molar-refractivity contribution is -0.196. The Labute approximate surface area is 100 Å². The maximum absolute atomic E-state index is 12.9. The number of esters is 1. The Bertz CT molecular complexity index is 280. The predicted octanol–water partition coefficient (Wildman–Crippen LogP) is 3.50. The van der Waals surface area contributed by atoms with Crippen LogP contribution < -0.4 is 0 Å². The van der Waals surface area contributed by atoms with E-state index in [9.17, 15) is 31.1 Å². The number of alkyl halides is 6. The molecule has 1 atom stereocenters. The molecule has 0 fully saturated rings. The molecule has 0 aromatic heterocycles. The van der Waals surface area contributed by atoms with E-state index < -0.39 is 43.2 Å². The van der Waals surface area contributed by atoms with Crippen molar-refractivity contribution in [3.63, 3.8) is 0 Å². The van der Waals surface area contributed by atoms with Crippen LogP contribution in [0, 0.1) is 5.92 Å². The Hall–Kier alpha value is -0.950. The zero-order valence-electron chi connectivity index (χ0n) is 9.86. The van der Waals surface area contributed by atoms with Crippen LogP contribution in [0.4, 0.5) is 26.3 Å². The van der Waals surface area contributed by atoms with Crippen LogP contribution in [-0.2, 0) is 9.53 Å². The Morgan fingerprint density at radius 1 is 1.22 bits per heavy atom. The van der Waals surface area contributed by atoms with E-state index in [-0.39, 0.29) is 0 Å². The van der Waals surface area contributed by atoms with Gasteiger partial charge in [-0.25, -0.2) is 26.3 Å². The zero-order chi connectivity index (χ0) is 14.6. The maximum atomic E-state index is 12.9. The topological polar surface area (TPSA) is 26.3 Å². The summed E-state index contributed by atoms with van der Waals surface area (Å²) in [5.74, 6) is -10.6. The third kappa shape index (κ3) is 5.59. The molecule has 0 radical (unpaired) electrons. The molecule has 0 aromatic rings. The molecular weight excluding hydrogens is 266 g/mol. The second-order valence-corrected chi connectivity index (χ2v) is 4.01. The van der Waals surface area contributed by atoms with Crippen LogP contribution >= 0.6 is 0 Å². The summed E-state index contributed by atoms with van der Waals surface area (Å²) in [6.45, 7) is 1.39. The number of carbonyl (C=O) groups is 1. The van der Waals surface area contributed by atoms with Crippen molar-refractivity contribution >= 4 is 5.97 Å². The first-order valence-electron chi connectivity index (χ1n) is 5.22. The van der Waals surface area contributed by atoms with E-state index in [0.717, 1.165) is 0 Å². The highest BCUT2D eigenvalue weighted by molar-refractivity contribution is 5.71. The maximum Gasteiger partial charge on any atom is 0.313 e. The minimum atomic E-state index is -4.81. The lowest BCUT2D eigenvalue weighted by Gasteiger charge is -2.22. The molecule has 0 saturated carbocycles. The van der Waals surface area contributed by atoms with E-state index in [1.54, 1.807) is 6.92 Å². The fraction of sp³-hybridized carbons (Fsp3) is 0.900. The summed E-state index contributed by atoms with van der Waals surface area (Å²) >= 11 is 0. The van der Waals surface area contributed by atoms with Crippen molar-refractivity contribution in [1.82, 2.24) is 0 Å². The second kappa shape index (κ2) is 6.29. The van der Waals surface area contributed by atoms with Crippen molar-refractivity contribution in [2.45, 2.75) is 45.0 Å². The first-order chi connectivity index (χ1) is 8.02. The SMILES string of the molecule is CCC(C)C(=O)OCC(F)(F)CC(F)(F)C(F)F. The van der Waals surface area contributed by atoms with Crippen molar-refractivity contribution in [2.75, 3.05) is 6.61 Å². The molecule has 108 valence electrons. The van der Waals surface area contributed by atoms with Crippen LogP contribution in [0.15, 0.2) is 0 Å². The number of rotatable bonds is 7. The Morgan fingerprint density at radius 2 is 1.72 bits per heavy atom. The van der Waals surface area contributed by atoms with Crippen LogP contribution in [0.3, 0.4) is 0 Å². The van der Waals surface area contributed by atoms with E-state index in [1.165, 1.54) is 6.92 Å². The molecule has 0 spiro atoms. The van der Waals surface area contributed by atoms with Gasteiger partial charge in [0.15, 0.2) is 6.61 Å². The minimum Gasteiger partial charge on any atom is -0.459 e. The molecule has 1 unspecified atom stereocenters. The Balaban J connectivity index is 4.36. The summed E-state index contributed by atoms with van der Waals surface area (Å²) in [6.07, 6.45) is -6.21. The van der Waals surface area contributed by atoms with Crippen molar-refractivity contribution in [1.29, 1.82) is 0 Å². The summed E-state index contributed by atoms with van der Waals surface area (Å²) < 4.78 is 78.3. The lowest BCUT2D eigenvalue weighted by Crippen LogP contribution is -2.38. The summed E-state index contributed by atoms with van der Waals surface area (Å²) in [6, 6.07) is 0. The number of hydrogen-bond donors (Lipinski definition) is 0. The van der Waals surface area contributed by atoms with Gasteiger partial charge < -0.3 is 4.74 Å². The van der Waals surface area contributed by atoms with E-state index in [0.29, 0.717) is 6.42 Å². The molecule has 0 N–H and O–H groups in total. The Kier molecular flexibility index (Phi) is 5.95. The van der Waals surface area contributed by atoms with Crippen molar-refractivity contribution in [3.8, 4) is 0 Å². The molecule has 0 rings (SSSR count). The lowest BCUT2D eigenvalue weighted by atomic mass is 10.1. The third-order valence-electron chi connectivity index (χ3n) is 2.25. The quantitative estimate of drug-likeness (QED) is 0.527. The fourth-order valence-electron chi connectivity index (χ4n) is 0.959. The summed E-state index contributed by atoms with van der Waals surface area (Å²) in [5, 5.41) is 0. The molecule has 0 aliphatic rings. The molecule has 0 aliphatic carbocycles. The van der Waals surface area contributed by atoms with E-state index in [4.69, 9.17) is 0 Å².